The lowest BCUT2D eigenvalue weighted by atomic mass is 10.1. The molecule has 0 bridgehead atoms. The van der Waals surface area contributed by atoms with Gasteiger partial charge in [-0.15, -0.1) is 20.4 Å². The SMILES string of the molecule is Cc1cccc(NC(=O)Cn2nnc(-c3ccc(Cn4nnc(-c5ccc(Cl)cc5)n4)cc3)n2)c1C. The number of tetrazole rings is 2. The minimum atomic E-state index is -0.221. The van der Waals surface area contributed by atoms with Crippen LogP contribution in [0, 0.1) is 13.8 Å². The molecule has 0 fully saturated rings. The van der Waals surface area contributed by atoms with Crippen molar-refractivity contribution in [1.82, 2.24) is 40.4 Å². The maximum Gasteiger partial charge on any atom is 0.248 e. The van der Waals surface area contributed by atoms with E-state index < -0.39 is 0 Å². The topological polar surface area (TPSA) is 116 Å². The molecule has 0 aliphatic rings. The highest BCUT2D eigenvalue weighted by Gasteiger charge is 2.12. The smallest absolute Gasteiger partial charge is 0.248 e. The third-order valence-corrected chi connectivity index (χ3v) is 5.96. The first kappa shape index (κ1) is 23.3. The van der Waals surface area contributed by atoms with E-state index in [2.05, 4.69) is 36.1 Å². The predicted octanol–water partition coefficient (Wildman–Crippen LogP) is 3.95. The zero-order valence-electron chi connectivity index (χ0n) is 19.6. The Labute approximate surface area is 211 Å². The zero-order valence-corrected chi connectivity index (χ0v) is 20.4. The van der Waals surface area contributed by atoms with E-state index in [4.69, 9.17) is 11.6 Å². The van der Waals surface area contributed by atoms with Crippen molar-refractivity contribution < 1.29 is 4.79 Å². The van der Waals surface area contributed by atoms with Crippen LogP contribution in [0.15, 0.2) is 66.7 Å². The number of hydrogen-bond acceptors (Lipinski definition) is 7. The molecule has 0 saturated heterocycles. The van der Waals surface area contributed by atoms with Crippen LogP contribution in [0.25, 0.3) is 22.8 Å². The third-order valence-electron chi connectivity index (χ3n) is 5.71. The highest BCUT2D eigenvalue weighted by molar-refractivity contribution is 6.30. The van der Waals surface area contributed by atoms with E-state index in [-0.39, 0.29) is 12.5 Å². The zero-order chi connectivity index (χ0) is 25.1. The Morgan fingerprint density at radius 1 is 0.833 bits per heavy atom. The molecule has 36 heavy (non-hydrogen) atoms. The molecule has 0 unspecified atom stereocenters. The summed E-state index contributed by atoms with van der Waals surface area (Å²) >= 11 is 5.94. The average molecular weight is 500 g/mol. The number of aryl methyl sites for hydroxylation is 1. The molecule has 0 saturated carbocycles. The van der Waals surface area contributed by atoms with Gasteiger partial charge in [0.05, 0.1) is 6.54 Å². The van der Waals surface area contributed by atoms with Crippen LogP contribution >= 0.6 is 11.6 Å². The summed E-state index contributed by atoms with van der Waals surface area (Å²) < 4.78 is 0. The second-order valence-corrected chi connectivity index (χ2v) is 8.72. The first-order valence-corrected chi connectivity index (χ1v) is 11.6. The quantitative estimate of drug-likeness (QED) is 0.360. The van der Waals surface area contributed by atoms with Crippen molar-refractivity contribution in [3.63, 3.8) is 0 Å². The molecular formula is C25H22ClN9O. The number of hydrogen-bond donors (Lipinski definition) is 1. The number of amides is 1. The van der Waals surface area contributed by atoms with Crippen LogP contribution in [-0.4, -0.2) is 46.3 Å². The highest BCUT2D eigenvalue weighted by atomic mass is 35.5. The second kappa shape index (κ2) is 10.0. The van der Waals surface area contributed by atoms with Crippen molar-refractivity contribution in [2.24, 2.45) is 0 Å². The van der Waals surface area contributed by atoms with Crippen molar-refractivity contribution in [3.8, 4) is 22.8 Å². The van der Waals surface area contributed by atoms with Gasteiger partial charge in [0.1, 0.15) is 6.54 Å². The van der Waals surface area contributed by atoms with Gasteiger partial charge in [0.15, 0.2) is 0 Å². The number of carbonyl (C=O) groups is 1. The molecule has 0 aliphatic carbocycles. The van der Waals surface area contributed by atoms with Crippen molar-refractivity contribution >= 4 is 23.2 Å². The van der Waals surface area contributed by atoms with E-state index in [9.17, 15) is 4.79 Å². The van der Waals surface area contributed by atoms with Crippen LogP contribution in [0.5, 0.6) is 0 Å². The number of rotatable bonds is 7. The van der Waals surface area contributed by atoms with Gasteiger partial charge in [-0.1, -0.05) is 48.0 Å². The summed E-state index contributed by atoms with van der Waals surface area (Å²) in [6.45, 7) is 4.40. The minimum Gasteiger partial charge on any atom is -0.324 e. The van der Waals surface area contributed by atoms with E-state index in [0.29, 0.717) is 23.2 Å². The van der Waals surface area contributed by atoms with Gasteiger partial charge in [-0.05, 0) is 71.3 Å². The molecule has 180 valence electrons. The van der Waals surface area contributed by atoms with Crippen LogP contribution in [0.3, 0.4) is 0 Å². The van der Waals surface area contributed by atoms with Crippen LogP contribution in [0.4, 0.5) is 5.69 Å². The fourth-order valence-electron chi connectivity index (χ4n) is 3.58. The van der Waals surface area contributed by atoms with Gasteiger partial charge in [0, 0.05) is 21.8 Å². The van der Waals surface area contributed by atoms with Crippen LogP contribution < -0.4 is 5.32 Å². The Bertz CT molecular complexity index is 1510. The molecule has 1 N–H and O–H groups in total. The summed E-state index contributed by atoms with van der Waals surface area (Å²) in [5, 5.41) is 28.7. The van der Waals surface area contributed by atoms with Crippen molar-refractivity contribution in [1.29, 1.82) is 0 Å². The molecule has 1 amide bonds. The first-order valence-electron chi connectivity index (χ1n) is 11.2. The Morgan fingerprint density at radius 2 is 1.44 bits per heavy atom. The number of halogens is 1. The standard InChI is InChI=1S/C25H22ClN9O/c1-16-4-3-5-22(17(16)2)27-23(36)15-35-31-24(29-33-35)19-8-6-18(7-9-19)14-34-30-25(28-32-34)20-10-12-21(26)13-11-20/h3-13H,14-15H2,1-2H3,(H,27,36). The number of nitrogens with zero attached hydrogens (tertiary/aromatic N) is 8. The monoisotopic (exact) mass is 499 g/mol. The molecule has 11 heteroatoms. The molecule has 0 aliphatic heterocycles. The molecular weight excluding hydrogens is 478 g/mol. The number of aromatic nitrogens is 8. The number of nitrogens with one attached hydrogen (secondary N) is 1. The van der Waals surface area contributed by atoms with E-state index in [0.717, 1.165) is 33.5 Å². The molecule has 0 atom stereocenters. The molecule has 5 rings (SSSR count). The van der Waals surface area contributed by atoms with Gasteiger partial charge in [0.25, 0.3) is 0 Å². The first-order chi connectivity index (χ1) is 17.4. The van der Waals surface area contributed by atoms with E-state index in [1.165, 1.54) is 9.59 Å². The Hall–Kier alpha value is -4.44. The summed E-state index contributed by atoms with van der Waals surface area (Å²) in [6.07, 6.45) is 0. The van der Waals surface area contributed by atoms with Gasteiger partial charge >= 0.3 is 0 Å². The number of anilines is 1. The molecule has 0 spiro atoms. The lowest BCUT2D eigenvalue weighted by Gasteiger charge is -2.09. The molecule has 10 nitrogen and oxygen atoms in total. The van der Waals surface area contributed by atoms with Crippen LogP contribution in [0.1, 0.15) is 16.7 Å². The van der Waals surface area contributed by atoms with Gasteiger partial charge in [-0.3, -0.25) is 4.79 Å². The van der Waals surface area contributed by atoms with Crippen molar-refractivity contribution in [2.75, 3.05) is 5.32 Å². The molecule has 0 radical (unpaired) electrons. The summed E-state index contributed by atoms with van der Waals surface area (Å²) in [6, 6.07) is 20.7. The normalized spacial score (nSPS) is 11.0. The minimum absolute atomic E-state index is 0.0353. The lowest BCUT2D eigenvalue weighted by molar-refractivity contribution is -0.117. The van der Waals surface area contributed by atoms with Crippen molar-refractivity contribution in [3.05, 3.63) is 88.4 Å². The van der Waals surface area contributed by atoms with E-state index in [1.807, 2.05) is 68.4 Å². The highest BCUT2D eigenvalue weighted by Crippen LogP contribution is 2.19. The lowest BCUT2D eigenvalue weighted by Crippen LogP contribution is -2.21. The van der Waals surface area contributed by atoms with E-state index >= 15 is 0 Å². The summed E-state index contributed by atoms with van der Waals surface area (Å²) in [7, 11) is 0. The van der Waals surface area contributed by atoms with Gasteiger partial charge in [0.2, 0.25) is 17.6 Å². The molecule has 2 aromatic heterocycles. The number of carbonyl (C=O) groups excluding carboxylic acids is 1. The second-order valence-electron chi connectivity index (χ2n) is 8.29. The molecule has 3 aromatic carbocycles. The van der Waals surface area contributed by atoms with Crippen LogP contribution in [0.2, 0.25) is 5.02 Å². The number of benzene rings is 3. The van der Waals surface area contributed by atoms with E-state index in [1.54, 1.807) is 12.1 Å². The van der Waals surface area contributed by atoms with Crippen molar-refractivity contribution in [2.45, 2.75) is 26.9 Å². The molecule has 5 aromatic rings. The van der Waals surface area contributed by atoms with Gasteiger partial charge in [-0.25, -0.2) is 0 Å². The maximum absolute atomic E-state index is 12.5. The largest absolute Gasteiger partial charge is 0.324 e. The fourth-order valence-corrected chi connectivity index (χ4v) is 3.70. The third kappa shape index (κ3) is 5.28. The predicted molar refractivity (Wildman–Crippen MR) is 135 cm³/mol. The summed E-state index contributed by atoms with van der Waals surface area (Å²) in [5.74, 6) is 0.747. The van der Waals surface area contributed by atoms with Crippen LogP contribution in [-0.2, 0) is 17.9 Å². The summed E-state index contributed by atoms with van der Waals surface area (Å²) in [5.41, 5.74) is 5.53. The Balaban J connectivity index is 1.21. The Morgan fingerprint density at radius 3 is 2.14 bits per heavy atom. The Kier molecular flexibility index (Phi) is 6.50. The van der Waals surface area contributed by atoms with Gasteiger partial charge < -0.3 is 5.32 Å². The average Bonchev–Trinajstić information content (AvgIpc) is 3.53. The van der Waals surface area contributed by atoms with Gasteiger partial charge in [-0.2, -0.15) is 9.59 Å². The summed E-state index contributed by atoms with van der Waals surface area (Å²) in [4.78, 5) is 15.3. The maximum atomic E-state index is 12.5. The fraction of sp³-hybridized carbons (Fsp3) is 0.160. The molecule has 2 heterocycles.